The lowest BCUT2D eigenvalue weighted by molar-refractivity contribution is -0.0176. The van der Waals surface area contributed by atoms with E-state index in [4.69, 9.17) is 4.74 Å². The molecule has 1 aliphatic heterocycles. The standard InChI is InChI=1S/C19H24N4O2/c1-15-20-10-9-17(22-15)13-21-19(24)23-11-12-25-18(14-23)8-7-16-5-3-2-4-6-16/h2-6,9-10,18H,7-8,11-14H2,1H3,(H,21,24)/t18-/m0/s1. The second-order valence-corrected chi connectivity index (χ2v) is 6.22. The van der Waals surface area contributed by atoms with E-state index in [1.165, 1.54) is 5.56 Å². The Morgan fingerprint density at radius 3 is 2.96 bits per heavy atom. The average Bonchev–Trinajstić information content (AvgIpc) is 2.65. The fourth-order valence-corrected chi connectivity index (χ4v) is 2.93. The van der Waals surface area contributed by atoms with E-state index in [1.54, 1.807) is 6.20 Å². The average molecular weight is 340 g/mol. The van der Waals surface area contributed by atoms with E-state index >= 15 is 0 Å². The van der Waals surface area contributed by atoms with Gasteiger partial charge in [0.25, 0.3) is 0 Å². The minimum Gasteiger partial charge on any atom is -0.375 e. The number of aryl methyl sites for hydroxylation is 2. The SMILES string of the molecule is Cc1nccc(CNC(=O)N2CCO[C@@H](CCc3ccccc3)C2)n1. The van der Waals surface area contributed by atoms with E-state index in [2.05, 4.69) is 27.4 Å². The third-order valence-electron chi connectivity index (χ3n) is 4.28. The van der Waals surface area contributed by atoms with E-state index < -0.39 is 0 Å². The second kappa shape index (κ2) is 8.58. The van der Waals surface area contributed by atoms with Gasteiger partial charge in [-0.15, -0.1) is 0 Å². The quantitative estimate of drug-likeness (QED) is 0.907. The highest BCUT2D eigenvalue weighted by Crippen LogP contribution is 2.13. The molecule has 6 nitrogen and oxygen atoms in total. The van der Waals surface area contributed by atoms with Crippen LogP contribution < -0.4 is 5.32 Å². The fourth-order valence-electron chi connectivity index (χ4n) is 2.93. The van der Waals surface area contributed by atoms with E-state index in [-0.39, 0.29) is 12.1 Å². The van der Waals surface area contributed by atoms with Gasteiger partial charge in [-0.2, -0.15) is 0 Å². The first-order chi connectivity index (χ1) is 12.2. The van der Waals surface area contributed by atoms with Gasteiger partial charge in [-0.25, -0.2) is 14.8 Å². The van der Waals surface area contributed by atoms with Gasteiger partial charge in [-0.3, -0.25) is 0 Å². The van der Waals surface area contributed by atoms with Gasteiger partial charge in [-0.1, -0.05) is 30.3 Å². The lowest BCUT2D eigenvalue weighted by Gasteiger charge is -2.33. The smallest absolute Gasteiger partial charge is 0.317 e. The second-order valence-electron chi connectivity index (χ2n) is 6.22. The van der Waals surface area contributed by atoms with Crippen LogP contribution in [0, 0.1) is 6.92 Å². The Morgan fingerprint density at radius 2 is 2.16 bits per heavy atom. The Balaban J connectivity index is 1.46. The van der Waals surface area contributed by atoms with Crippen molar-refractivity contribution in [3.8, 4) is 0 Å². The van der Waals surface area contributed by atoms with Crippen LogP contribution in [0.15, 0.2) is 42.6 Å². The zero-order chi connectivity index (χ0) is 17.5. The molecule has 0 aliphatic carbocycles. The highest BCUT2D eigenvalue weighted by molar-refractivity contribution is 5.74. The lowest BCUT2D eigenvalue weighted by Crippen LogP contribution is -2.49. The normalized spacial score (nSPS) is 17.3. The van der Waals surface area contributed by atoms with E-state index in [0.717, 1.165) is 18.5 Å². The molecule has 6 heteroatoms. The van der Waals surface area contributed by atoms with Crippen molar-refractivity contribution in [2.24, 2.45) is 0 Å². The summed E-state index contributed by atoms with van der Waals surface area (Å²) < 4.78 is 5.82. The van der Waals surface area contributed by atoms with Gasteiger partial charge >= 0.3 is 6.03 Å². The van der Waals surface area contributed by atoms with Gasteiger partial charge < -0.3 is 15.0 Å². The molecular formula is C19H24N4O2. The molecule has 1 aromatic heterocycles. The summed E-state index contributed by atoms with van der Waals surface area (Å²) in [5, 5.41) is 2.93. The monoisotopic (exact) mass is 340 g/mol. The van der Waals surface area contributed by atoms with Crippen LogP contribution in [0.1, 0.15) is 23.5 Å². The Labute approximate surface area is 148 Å². The number of hydrogen-bond acceptors (Lipinski definition) is 4. The molecule has 1 aromatic carbocycles. The Bertz CT molecular complexity index is 693. The van der Waals surface area contributed by atoms with Crippen molar-refractivity contribution in [1.82, 2.24) is 20.2 Å². The number of rotatable bonds is 5. The zero-order valence-electron chi connectivity index (χ0n) is 14.5. The number of ether oxygens (including phenoxy) is 1. The van der Waals surface area contributed by atoms with Gasteiger partial charge in [0.05, 0.1) is 24.9 Å². The van der Waals surface area contributed by atoms with Crippen LogP contribution in [0.5, 0.6) is 0 Å². The summed E-state index contributed by atoms with van der Waals surface area (Å²) in [4.78, 5) is 22.6. The number of aromatic nitrogens is 2. The maximum atomic E-state index is 12.4. The van der Waals surface area contributed by atoms with Crippen LogP contribution in [-0.2, 0) is 17.7 Å². The van der Waals surface area contributed by atoms with Crippen LogP contribution in [0.4, 0.5) is 4.79 Å². The number of nitrogens with zero attached hydrogens (tertiary/aromatic N) is 3. The summed E-state index contributed by atoms with van der Waals surface area (Å²) in [6.07, 6.45) is 3.67. The summed E-state index contributed by atoms with van der Waals surface area (Å²) in [6.45, 7) is 4.08. The molecule has 2 heterocycles. The van der Waals surface area contributed by atoms with Crippen molar-refractivity contribution in [2.75, 3.05) is 19.7 Å². The Kier molecular flexibility index (Phi) is 5.95. The van der Waals surface area contributed by atoms with Gasteiger partial charge in [0, 0.05) is 19.3 Å². The van der Waals surface area contributed by atoms with Crippen molar-refractivity contribution in [1.29, 1.82) is 0 Å². The highest BCUT2D eigenvalue weighted by atomic mass is 16.5. The zero-order valence-corrected chi connectivity index (χ0v) is 14.5. The van der Waals surface area contributed by atoms with Crippen LogP contribution in [0.3, 0.4) is 0 Å². The summed E-state index contributed by atoms with van der Waals surface area (Å²) in [6, 6.07) is 12.1. The van der Waals surface area contributed by atoms with Crippen LogP contribution in [0.25, 0.3) is 0 Å². The molecule has 1 atom stereocenters. The first-order valence-corrected chi connectivity index (χ1v) is 8.67. The molecule has 0 unspecified atom stereocenters. The van der Waals surface area contributed by atoms with Crippen molar-refractivity contribution >= 4 is 6.03 Å². The number of nitrogens with one attached hydrogen (secondary N) is 1. The fraction of sp³-hybridized carbons (Fsp3) is 0.421. The number of urea groups is 1. The Hall–Kier alpha value is -2.47. The van der Waals surface area contributed by atoms with Crippen LogP contribution >= 0.6 is 0 Å². The molecule has 2 amide bonds. The predicted molar refractivity (Wildman–Crippen MR) is 95.1 cm³/mol. The van der Waals surface area contributed by atoms with E-state index in [9.17, 15) is 4.79 Å². The third kappa shape index (κ3) is 5.26. The molecule has 0 saturated carbocycles. The highest BCUT2D eigenvalue weighted by Gasteiger charge is 2.23. The lowest BCUT2D eigenvalue weighted by atomic mass is 10.1. The molecule has 3 rings (SSSR count). The molecule has 0 spiro atoms. The molecule has 1 saturated heterocycles. The molecule has 1 N–H and O–H groups in total. The van der Waals surface area contributed by atoms with Crippen LogP contribution in [0.2, 0.25) is 0 Å². The number of hydrogen-bond donors (Lipinski definition) is 1. The molecule has 2 aromatic rings. The van der Waals surface area contributed by atoms with Gasteiger partial charge in [0.15, 0.2) is 0 Å². The van der Waals surface area contributed by atoms with Crippen LogP contribution in [-0.4, -0.2) is 46.7 Å². The summed E-state index contributed by atoms with van der Waals surface area (Å²) >= 11 is 0. The van der Waals surface area contributed by atoms with Gasteiger partial charge in [0.1, 0.15) is 5.82 Å². The summed E-state index contributed by atoms with van der Waals surface area (Å²) in [5.74, 6) is 0.707. The first-order valence-electron chi connectivity index (χ1n) is 8.67. The topological polar surface area (TPSA) is 67.4 Å². The van der Waals surface area contributed by atoms with Gasteiger partial charge in [-0.05, 0) is 31.4 Å². The number of amides is 2. The van der Waals surface area contributed by atoms with Crippen molar-refractivity contribution < 1.29 is 9.53 Å². The third-order valence-corrected chi connectivity index (χ3v) is 4.28. The van der Waals surface area contributed by atoms with Gasteiger partial charge in [0.2, 0.25) is 0 Å². The van der Waals surface area contributed by atoms with Crippen molar-refractivity contribution in [2.45, 2.75) is 32.4 Å². The minimum absolute atomic E-state index is 0.0655. The maximum Gasteiger partial charge on any atom is 0.317 e. The maximum absolute atomic E-state index is 12.4. The predicted octanol–water partition coefficient (Wildman–Crippen LogP) is 2.33. The summed E-state index contributed by atoms with van der Waals surface area (Å²) in [7, 11) is 0. The van der Waals surface area contributed by atoms with E-state index in [0.29, 0.717) is 32.1 Å². The molecule has 1 fully saturated rings. The largest absolute Gasteiger partial charge is 0.375 e. The Morgan fingerprint density at radius 1 is 1.32 bits per heavy atom. The summed E-state index contributed by atoms with van der Waals surface area (Å²) in [5.41, 5.74) is 2.11. The molecule has 0 radical (unpaired) electrons. The molecule has 25 heavy (non-hydrogen) atoms. The molecule has 132 valence electrons. The minimum atomic E-state index is -0.0655. The molecule has 0 bridgehead atoms. The number of carbonyl (C=O) groups excluding carboxylic acids is 1. The number of morpholine rings is 1. The van der Waals surface area contributed by atoms with Crippen molar-refractivity contribution in [3.05, 3.63) is 59.7 Å². The van der Waals surface area contributed by atoms with Crippen molar-refractivity contribution in [3.63, 3.8) is 0 Å². The van der Waals surface area contributed by atoms with E-state index in [1.807, 2.05) is 36.1 Å². The molecule has 1 aliphatic rings. The molecular weight excluding hydrogens is 316 g/mol. The number of carbonyl (C=O) groups is 1. The first kappa shape index (κ1) is 17.4. The number of benzene rings is 1.